The van der Waals surface area contributed by atoms with Crippen molar-refractivity contribution in [2.24, 2.45) is 13.0 Å². The number of hydrogen-bond acceptors (Lipinski definition) is 2. The third-order valence-electron chi connectivity index (χ3n) is 3.52. The van der Waals surface area contributed by atoms with Crippen LogP contribution in [0.4, 0.5) is 8.78 Å². The van der Waals surface area contributed by atoms with Crippen LogP contribution < -0.4 is 0 Å². The van der Waals surface area contributed by atoms with Crippen LogP contribution in [0.5, 0.6) is 0 Å². The molecule has 3 nitrogen and oxygen atoms in total. The number of Topliss-reactive ketones (excluding diaryl/α,β-unsaturated/α-hetero) is 1. The maximum absolute atomic E-state index is 13.1. The molecule has 1 unspecified atom stereocenters. The van der Waals surface area contributed by atoms with Crippen molar-refractivity contribution in [2.45, 2.75) is 45.0 Å². The Hall–Kier alpha value is -1.26. The molecule has 0 spiro atoms. The summed E-state index contributed by atoms with van der Waals surface area (Å²) in [6.07, 6.45) is 2.80. The van der Waals surface area contributed by atoms with Crippen LogP contribution in [-0.4, -0.2) is 21.5 Å². The van der Waals surface area contributed by atoms with Crippen molar-refractivity contribution < 1.29 is 13.6 Å². The van der Waals surface area contributed by atoms with Gasteiger partial charge in [-0.2, -0.15) is 5.10 Å². The number of carbonyl (C=O) groups is 1. The molecule has 0 amide bonds. The second-order valence-electron chi connectivity index (χ2n) is 5.11. The zero-order valence-corrected chi connectivity index (χ0v) is 10.7. The normalized spacial score (nSPS) is 22.3. The van der Waals surface area contributed by atoms with Crippen molar-refractivity contribution in [3.8, 4) is 0 Å². The van der Waals surface area contributed by atoms with E-state index in [0.717, 1.165) is 5.69 Å². The summed E-state index contributed by atoms with van der Waals surface area (Å²) in [5.41, 5.74) is 1.35. The number of halogens is 2. The van der Waals surface area contributed by atoms with Gasteiger partial charge in [-0.1, -0.05) is 6.92 Å². The molecule has 2 rings (SSSR count). The Morgan fingerprint density at radius 2 is 2.33 bits per heavy atom. The van der Waals surface area contributed by atoms with Crippen molar-refractivity contribution in [3.05, 3.63) is 17.5 Å². The Morgan fingerprint density at radius 1 is 1.61 bits per heavy atom. The lowest BCUT2D eigenvalue weighted by atomic mass is 9.96. The van der Waals surface area contributed by atoms with Gasteiger partial charge >= 0.3 is 0 Å². The fraction of sp³-hybridized carbons (Fsp3) is 0.692. The van der Waals surface area contributed by atoms with Gasteiger partial charge in [0.1, 0.15) is 0 Å². The van der Waals surface area contributed by atoms with Crippen LogP contribution in [-0.2, 0) is 13.5 Å². The number of hydrogen-bond donors (Lipinski definition) is 0. The Bertz CT molecular complexity index is 454. The molecule has 0 N–H and O–H groups in total. The van der Waals surface area contributed by atoms with E-state index < -0.39 is 5.92 Å². The molecule has 1 aliphatic carbocycles. The third kappa shape index (κ3) is 2.76. The Balaban J connectivity index is 2.04. The summed E-state index contributed by atoms with van der Waals surface area (Å²) >= 11 is 0. The van der Waals surface area contributed by atoms with Gasteiger partial charge in [0.05, 0.1) is 11.3 Å². The molecule has 18 heavy (non-hydrogen) atoms. The minimum Gasteiger partial charge on any atom is -0.294 e. The van der Waals surface area contributed by atoms with Gasteiger partial charge in [0, 0.05) is 32.5 Å². The molecule has 1 aliphatic rings. The molecule has 0 bridgehead atoms. The summed E-state index contributed by atoms with van der Waals surface area (Å²) in [5.74, 6) is -2.81. The van der Waals surface area contributed by atoms with Crippen LogP contribution in [0.2, 0.25) is 0 Å². The maximum Gasteiger partial charge on any atom is 0.248 e. The second-order valence-corrected chi connectivity index (χ2v) is 5.11. The van der Waals surface area contributed by atoms with Crippen molar-refractivity contribution in [1.82, 2.24) is 9.78 Å². The zero-order chi connectivity index (χ0) is 13.3. The standard InChI is InChI=1S/C13H18F2N2O/c1-3-11-10(8-17(2)16-11)12(18)6-9-4-5-13(14,15)7-9/h8-9H,3-7H2,1-2H3. The SMILES string of the molecule is CCc1nn(C)cc1C(=O)CC1CCC(F)(F)C1. The number of alkyl halides is 2. The van der Waals surface area contributed by atoms with Gasteiger partial charge in [0.25, 0.3) is 0 Å². The van der Waals surface area contributed by atoms with Gasteiger partial charge < -0.3 is 0 Å². The van der Waals surface area contributed by atoms with Crippen LogP contribution in [0.3, 0.4) is 0 Å². The first-order valence-corrected chi connectivity index (χ1v) is 6.35. The first-order valence-electron chi connectivity index (χ1n) is 6.35. The van der Waals surface area contributed by atoms with Crippen LogP contribution in [0.25, 0.3) is 0 Å². The van der Waals surface area contributed by atoms with Crippen LogP contribution >= 0.6 is 0 Å². The molecule has 0 saturated heterocycles. The van der Waals surface area contributed by atoms with Crippen molar-refractivity contribution in [1.29, 1.82) is 0 Å². The van der Waals surface area contributed by atoms with E-state index in [9.17, 15) is 13.6 Å². The number of aromatic nitrogens is 2. The van der Waals surface area contributed by atoms with Gasteiger partial charge in [0.2, 0.25) is 5.92 Å². The second kappa shape index (κ2) is 4.78. The lowest BCUT2D eigenvalue weighted by molar-refractivity contribution is 0.00497. The number of ketones is 1. The Kier molecular flexibility index (Phi) is 3.50. The van der Waals surface area contributed by atoms with Crippen molar-refractivity contribution >= 4 is 5.78 Å². The van der Waals surface area contributed by atoms with Gasteiger partial charge in [-0.15, -0.1) is 0 Å². The first-order chi connectivity index (χ1) is 8.41. The number of carbonyl (C=O) groups excluding carboxylic acids is 1. The predicted molar refractivity (Wildman–Crippen MR) is 63.8 cm³/mol. The third-order valence-corrected chi connectivity index (χ3v) is 3.52. The lowest BCUT2D eigenvalue weighted by Crippen LogP contribution is -2.12. The van der Waals surface area contributed by atoms with E-state index in [1.807, 2.05) is 6.92 Å². The molecule has 1 atom stereocenters. The summed E-state index contributed by atoms with van der Waals surface area (Å²) < 4.78 is 27.7. The fourth-order valence-electron chi connectivity index (χ4n) is 2.62. The predicted octanol–water partition coefficient (Wildman–Crippen LogP) is 2.99. The molecule has 5 heteroatoms. The molecule has 1 saturated carbocycles. The quantitative estimate of drug-likeness (QED) is 0.776. The smallest absolute Gasteiger partial charge is 0.248 e. The maximum atomic E-state index is 13.1. The molecule has 1 fully saturated rings. The van der Waals surface area contributed by atoms with Gasteiger partial charge in [-0.3, -0.25) is 9.48 Å². The summed E-state index contributed by atoms with van der Waals surface area (Å²) in [7, 11) is 1.76. The average Bonchev–Trinajstić information content (AvgIpc) is 2.81. The highest BCUT2D eigenvalue weighted by molar-refractivity contribution is 5.97. The number of nitrogens with zero attached hydrogens (tertiary/aromatic N) is 2. The van der Waals surface area contributed by atoms with E-state index in [1.165, 1.54) is 0 Å². The topological polar surface area (TPSA) is 34.9 Å². The summed E-state index contributed by atoms with van der Waals surface area (Å²) in [6, 6.07) is 0. The van der Waals surface area contributed by atoms with Crippen LogP contribution in [0.15, 0.2) is 6.20 Å². The first kappa shape index (κ1) is 13.2. The van der Waals surface area contributed by atoms with E-state index in [-0.39, 0.29) is 31.0 Å². The van der Waals surface area contributed by atoms with E-state index in [0.29, 0.717) is 18.4 Å². The summed E-state index contributed by atoms with van der Waals surface area (Å²) in [5, 5.41) is 4.20. The number of rotatable bonds is 4. The highest BCUT2D eigenvalue weighted by Crippen LogP contribution is 2.40. The molecule has 0 aromatic carbocycles. The Morgan fingerprint density at radius 3 is 2.89 bits per heavy atom. The van der Waals surface area contributed by atoms with E-state index in [4.69, 9.17) is 0 Å². The molecule has 0 aliphatic heterocycles. The molecule has 1 aromatic rings. The summed E-state index contributed by atoms with van der Waals surface area (Å²) in [6.45, 7) is 1.93. The molecule has 0 radical (unpaired) electrons. The lowest BCUT2D eigenvalue weighted by Gasteiger charge is -2.09. The van der Waals surface area contributed by atoms with Crippen LogP contribution in [0.1, 0.15) is 48.7 Å². The minimum absolute atomic E-state index is 0.0531. The largest absolute Gasteiger partial charge is 0.294 e. The van der Waals surface area contributed by atoms with E-state index in [1.54, 1.807) is 17.9 Å². The molecule has 100 valence electrons. The molecular formula is C13H18F2N2O. The minimum atomic E-state index is -2.58. The molecular weight excluding hydrogens is 238 g/mol. The van der Waals surface area contributed by atoms with Gasteiger partial charge in [0.15, 0.2) is 5.78 Å². The molecule has 1 aromatic heterocycles. The highest BCUT2D eigenvalue weighted by atomic mass is 19.3. The monoisotopic (exact) mass is 256 g/mol. The molecule has 1 heterocycles. The Labute approximate surface area is 105 Å². The van der Waals surface area contributed by atoms with Gasteiger partial charge in [-0.25, -0.2) is 8.78 Å². The van der Waals surface area contributed by atoms with Crippen molar-refractivity contribution in [3.63, 3.8) is 0 Å². The zero-order valence-electron chi connectivity index (χ0n) is 10.7. The average molecular weight is 256 g/mol. The van der Waals surface area contributed by atoms with Crippen LogP contribution in [0, 0.1) is 5.92 Å². The number of aryl methyl sites for hydroxylation is 2. The van der Waals surface area contributed by atoms with E-state index in [2.05, 4.69) is 5.10 Å². The van der Waals surface area contributed by atoms with Crippen molar-refractivity contribution in [2.75, 3.05) is 0 Å². The summed E-state index contributed by atoms with van der Waals surface area (Å²) in [4.78, 5) is 12.1. The van der Waals surface area contributed by atoms with Gasteiger partial charge in [-0.05, 0) is 18.8 Å². The fourth-order valence-corrected chi connectivity index (χ4v) is 2.62. The van der Waals surface area contributed by atoms with E-state index >= 15 is 0 Å². The highest BCUT2D eigenvalue weighted by Gasteiger charge is 2.40.